The first-order valence-corrected chi connectivity index (χ1v) is 12.1. The Morgan fingerprint density at radius 3 is 2.73 bits per heavy atom. The van der Waals surface area contributed by atoms with Gasteiger partial charge in [0.05, 0.1) is 11.2 Å². The molecule has 2 aliphatic rings. The second-order valence-corrected chi connectivity index (χ2v) is 9.62. The molecule has 1 aromatic heterocycles. The molecule has 3 aromatic rings. The number of aromatic nitrogens is 1. The van der Waals surface area contributed by atoms with Crippen LogP contribution in [0.1, 0.15) is 36.1 Å². The number of pyridine rings is 1. The van der Waals surface area contributed by atoms with Crippen molar-refractivity contribution in [2.24, 2.45) is 10.6 Å². The number of aryl methyl sites for hydroxylation is 1. The number of carbonyl (C=O) groups excluding carboxylic acids is 1. The van der Waals surface area contributed by atoms with Gasteiger partial charge in [0.1, 0.15) is 18.5 Å². The highest BCUT2D eigenvalue weighted by Crippen LogP contribution is 2.43. The molecule has 37 heavy (non-hydrogen) atoms. The van der Waals surface area contributed by atoms with Crippen molar-refractivity contribution in [3.63, 3.8) is 0 Å². The molecule has 0 radical (unpaired) electrons. The fraction of sp³-hybridized carbons (Fsp3) is 0.333. The number of rotatable bonds is 7. The van der Waals surface area contributed by atoms with Gasteiger partial charge in [-0.2, -0.15) is 0 Å². The molecule has 2 unspecified atom stereocenters. The van der Waals surface area contributed by atoms with Crippen molar-refractivity contribution < 1.29 is 29.5 Å². The lowest BCUT2D eigenvalue weighted by Crippen LogP contribution is -2.43. The van der Waals surface area contributed by atoms with Crippen molar-refractivity contribution >= 4 is 28.6 Å². The lowest BCUT2D eigenvalue weighted by atomic mass is 9.75. The zero-order chi connectivity index (χ0) is 26.0. The summed E-state index contributed by atoms with van der Waals surface area (Å²) in [7, 11) is 0. The van der Waals surface area contributed by atoms with Crippen LogP contribution < -0.4 is 10.2 Å². The van der Waals surface area contributed by atoms with E-state index in [1.807, 2.05) is 61.5 Å². The van der Waals surface area contributed by atoms with Crippen LogP contribution in [0, 0.1) is 12.3 Å². The highest BCUT2D eigenvalue weighted by Gasteiger charge is 2.50. The number of fused-ring (bicyclic) bond motifs is 1. The van der Waals surface area contributed by atoms with Crippen LogP contribution >= 0.6 is 0 Å². The number of likely N-dealkylation sites (tertiary alicyclic amines) is 1. The van der Waals surface area contributed by atoms with E-state index in [1.165, 1.54) is 4.90 Å². The summed E-state index contributed by atoms with van der Waals surface area (Å²) in [5, 5.41) is 23.8. The summed E-state index contributed by atoms with van der Waals surface area (Å²) in [6, 6.07) is 17.6. The molecule has 0 saturated carbocycles. The van der Waals surface area contributed by atoms with Crippen LogP contribution in [0.4, 0.5) is 4.79 Å². The van der Waals surface area contributed by atoms with Gasteiger partial charge in [-0.3, -0.25) is 15.0 Å². The quantitative estimate of drug-likeness (QED) is 0.328. The van der Waals surface area contributed by atoms with E-state index in [0.29, 0.717) is 37.5 Å². The van der Waals surface area contributed by atoms with Crippen LogP contribution in [0.2, 0.25) is 0 Å². The average Bonchev–Trinajstić information content (AvgIpc) is 3.56. The third kappa shape index (κ3) is 5.05. The Bertz CT molecular complexity index is 1360. The Kier molecular flexibility index (Phi) is 6.66. The molecule has 0 bridgehead atoms. The minimum Gasteiger partial charge on any atom is -0.489 e. The van der Waals surface area contributed by atoms with Crippen molar-refractivity contribution in [1.82, 2.24) is 15.4 Å². The van der Waals surface area contributed by atoms with Gasteiger partial charge >= 0.3 is 6.09 Å². The topological polar surface area (TPSA) is 134 Å². The summed E-state index contributed by atoms with van der Waals surface area (Å²) in [6.45, 7) is 2.80. The number of nitrogens with one attached hydrogen (secondary N) is 1. The number of amides is 2. The standard InChI is InChI=1S/C27H28N4O6/c1-17-12-19(21-4-2-3-5-22(21)28-17)15-36-20-8-6-18(7-9-20)23-13-24(37-30-23)27(14-25(32)29-35)10-11-31(16-27)26(33)34/h2-9,12,24,35H,10-11,13-16H2,1H3,(H,29,32)(H,33,34). The van der Waals surface area contributed by atoms with E-state index in [4.69, 9.17) is 14.8 Å². The van der Waals surface area contributed by atoms with Crippen LogP contribution in [0.3, 0.4) is 0 Å². The van der Waals surface area contributed by atoms with E-state index >= 15 is 0 Å². The molecule has 192 valence electrons. The maximum atomic E-state index is 12.0. The third-order valence-electron chi connectivity index (χ3n) is 7.16. The van der Waals surface area contributed by atoms with E-state index < -0.39 is 23.5 Å². The van der Waals surface area contributed by atoms with Gasteiger partial charge in [0.25, 0.3) is 0 Å². The van der Waals surface area contributed by atoms with E-state index in [9.17, 15) is 14.7 Å². The van der Waals surface area contributed by atoms with Crippen LogP contribution in [0.15, 0.2) is 59.8 Å². The van der Waals surface area contributed by atoms with Gasteiger partial charge in [-0.05, 0) is 55.3 Å². The minimum atomic E-state index is -1.05. The number of carboxylic acid groups (broad SMARTS) is 1. The van der Waals surface area contributed by atoms with Gasteiger partial charge in [0.2, 0.25) is 5.91 Å². The molecule has 5 rings (SSSR count). The van der Waals surface area contributed by atoms with Crippen LogP contribution in [0.5, 0.6) is 5.75 Å². The van der Waals surface area contributed by atoms with Crippen LogP contribution in [-0.2, 0) is 16.2 Å². The fourth-order valence-electron chi connectivity index (χ4n) is 5.23. The number of hydrogen-bond acceptors (Lipinski definition) is 7. The number of oxime groups is 1. The van der Waals surface area contributed by atoms with Crippen LogP contribution in [0.25, 0.3) is 10.9 Å². The predicted octanol–water partition coefficient (Wildman–Crippen LogP) is 3.88. The Morgan fingerprint density at radius 2 is 2.00 bits per heavy atom. The summed E-state index contributed by atoms with van der Waals surface area (Å²) in [4.78, 5) is 35.1. The summed E-state index contributed by atoms with van der Waals surface area (Å²) in [5.74, 6) is 0.130. The zero-order valence-electron chi connectivity index (χ0n) is 20.4. The minimum absolute atomic E-state index is 0.0588. The predicted molar refractivity (Wildman–Crippen MR) is 134 cm³/mol. The Labute approximate surface area is 213 Å². The monoisotopic (exact) mass is 504 g/mol. The number of hydrogen-bond donors (Lipinski definition) is 3. The molecule has 2 aromatic carbocycles. The number of nitrogens with zero attached hydrogens (tertiary/aromatic N) is 3. The number of para-hydroxylation sites is 1. The number of hydroxylamine groups is 1. The second-order valence-electron chi connectivity index (χ2n) is 9.62. The van der Waals surface area contributed by atoms with Gasteiger partial charge in [-0.25, -0.2) is 10.3 Å². The molecule has 0 spiro atoms. The van der Waals surface area contributed by atoms with Crippen molar-refractivity contribution in [2.45, 2.75) is 38.9 Å². The molecule has 1 saturated heterocycles. The maximum absolute atomic E-state index is 12.0. The third-order valence-corrected chi connectivity index (χ3v) is 7.16. The largest absolute Gasteiger partial charge is 0.489 e. The fourth-order valence-corrected chi connectivity index (χ4v) is 5.23. The summed E-state index contributed by atoms with van der Waals surface area (Å²) in [5.41, 5.74) is 5.39. The number of carbonyl (C=O) groups is 2. The van der Waals surface area contributed by atoms with E-state index in [1.54, 1.807) is 5.48 Å². The molecule has 2 aliphatic heterocycles. The number of ether oxygens (including phenoxy) is 1. The van der Waals surface area contributed by atoms with Gasteiger partial charge < -0.3 is 19.6 Å². The maximum Gasteiger partial charge on any atom is 0.407 e. The van der Waals surface area contributed by atoms with Gasteiger partial charge in [-0.1, -0.05) is 23.4 Å². The molecular formula is C27H28N4O6. The zero-order valence-corrected chi connectivity index (χ0v) is 20.4. The smallest absolute Gasteiger partial charge is 0.407 e. The van der Waals surface area contributed by atoms with Crippen molar-refractivity contribution in [3.8, 4) is 5.75 Å². The normalized spacial score (nSPS) is 21.0. The Hall–Kier alpha value is -4.18. The second kappa shape index (κ2) is 10.1. The molecule has 0 aliphatic carbocycles. The first-order chi connectivity index (χ1) is 17.9. The van der Waals surface area contributed by atoms with Crippen LogP contribution in [-0.4, -0.2) is 57.1 Å². The van der Waals surface area contributed by atoms with E-state index in [0.717, 1.165) is 27.7 Å². The van der Waals surface area contributed by atoms with Crippen molar-refractivity contribution in [2.75, 3.05) is 13.1 Å². The lowest BCUT2D eigenvalue weighted by molar-refractivity contribution is -0.134. The molecule has 2 amide bonds. The van der Waals surface area contributed by atoms with Crippen molar-refractivity contribution in [1.29, 1.82) is 0 Å². The molecule has 10 heteroatoms. The molecule has 10 nitrogen and oxygen atoms in total. The van der Waals surface area contributed by atoms with Gasteiger partial charge in [-0.15, -0.1) is 0 Å². The summed E-state index contributed by atoms with van der Waals surface area (Å²) < 4.78 is 6.05. The molecule has 3 heterocycles. The average molecular weight is 505 g/mol. The van der Waals surface area contributed by atoms with Gasteiger partial charge in [0.15, 0.2) is 0 Å². The Morgan fingerprint density at radius 1 is 1.22 bits per heavy atom. The first kappa shape index (κ1) is 24.5. The molecule has 2 atom stereocenters. The molecule has 1 fully saturated rings. The summed E-state index contributed by atoms with van der Waals surface area (Å²) in [6.07, 6.45) is -0.721. The summed E-state index contributed by atoms with van der Waals surface area (Å²) >= 11 is 0. The SMILES string of the molecule is Cc1cc(COc2ccc(C3=NOC(C4(CC(=O)NO)CCN(C(=O)O)C4)C3)cc2)c2ccccc2n1. The first-order valence-electron chi connectivity index (χ1n) is 12.1. The highest BCUT2D eigenvalue weighted by atomic mass is 16.6. The Balaban J connectivity index is 1.25. The van der Waals surface area contributed by atoms with E-state index in [-0.39, 0.29) is 13.0 Å². The lowest BCUT2D eigenvalue weighted by Gasteiger charge is -2.32. The number of benzene rings is 2. The van der Waals surface area contributed by atoms with E-state index in [2.05, 4.69) is 10.1 Å². The van der Waals surface area contributed by atoms with Gasteiger partial charge in [0, 0.05) is 48.0 Å². The molecular weight excluding hydrogens is 476 g/mol. The highest BCUT2D eigenvalue weighted by molar-refractivity contribution is 6.01. The van der Waals surface area contributed by atoms with Crippen molar-refractivity contribution in [3.05, 3.63) is 71.4 Å². The molecule has 3 N–H and O–H groups in total.